The number of halogens is 3. The van der Waals surface area contributed by atoms with Gasteiger partial charge in [0.1, 0.15) is 0 Å². The van der Waals surface area contributed by atoms with Crippen LogP contribution in [0.15, 0.2) is 0 Å². The van der Waals surface area contributed by atoms with Crippen LogP contribution in [0.4, 0.5) is 4.39 Å². The van der Waals surface area contributed by atoms with E-state index < -0.39 is 11.9 Å². The van der Waals surface area contributed by atoms with Crippen LogP contribution >= 0.6 is 39.5 Å². The second kappa shape index (κ2) is 8.26. The second-order valence-electron chi connectivity index (χ2n) is 3.59. The van der Waals surface area contributed by atoms with Crippen LogP contribution < -0.4 is 0 Å². The highest BCUT2D eigenvalue weighted by Crippen LogP contribution is 2.66. The normalized spacial score (nSPS) is 17.8. The maximum atomic E-state index is 14.5. The van der Waals surface area contributed by atoms with Crippen molar-refractivity contribution in [1.82, 2.24) is 0 Å². The average Bonchev–Trinajstić information content (AvgIpc) is 2.17. The third-order valence-electron chi connectivity index (χ3n) is 2.07. The predicted octanol–water partition coefficient (Wildman–Crippen LogP) is 5.22. The van der Waals surface area contributed by atoms with Gasteiger partial charge in [0, 0.05) is 11.2 Å². The van der Waals surface area contributed by atoms with Crippen LogP contribution in [0.25, 0.3) is 0 Å². The minimum Gasteiger partial charge on any atom is -0.306 e. The summed E-state index contributed by atoms with van der Waals surface area (Å²) in [5.41, 5.74) is 0. The molecule has 0 aliphatic heterocycles. The van der Waals surface area contributed by atoms with Crippen LogP contribution in [-0.4, -0.2) is 22.4 Å². The summed E-state index contributed by atoms with van der Waals surface area (Å²) >= 11 is 6.23. The van der Waals surface area contributed by atoms with Crippen LogP contribution in [0.2, 0.25) is 0 Å². The number of rotatable bonds is 9. The summed E-state index contributed by atoms with van der Waals surface area (Å²) in [5, 5.41) is 0. The zero-order valence-corrected chi connectivity index (χ0v) is 14.5. The molecule has 0 amide bonds. The summed E-state index contributed by atoms with van der Waals surface area (Å²) < 4.78 is 34.6. The molecule has 0 aromatic heterocycles. The largest absolute Gasteiger partial charge is 0.378 e. The van der Waals surface area contributed by atoms with Gasteiger partial charge in [0.25, 0.3) is 4.32 Å². The second-order valence-corrected chi connectivity index (χ2v) is 8.97. The molecule has 7 heteroatoms. The first-order chi connectivity index (χ1) is 7.83. The molecule has 0 bridgehead atoms. The van der Waals surface area contributed by atoms with E-state index in [1.54, 1.807) is 13.8 Å². The first-order valence-corrected chi connectivity index (χ1v) is 8.99. The van der Waals surface area contributed by atoms with Gasteiger partial charge in [-0.05, 0) is 36.2 Å². The average molecular weight is 398 g/mol. The molecule has 0 aliphatic carbocycles. The first kappa shape index (κ1) is 18.0. The molecule has 17 heavy (non-hydrogen) atoms. The first-order valence-electron chi connectivity index (χ1n) is 5.74. The van der Waals surface area contributed by atoms with Gasteiger partial charge in [-0.25, -0.2) is 4.39 Å². The van der Waals surface area contributed by atoms with Gasteiger partial charge in [-0.1, -0.05) is 29.3 Å². The van der Waals surface area contributed by atoms with Crippen LogP contribution in [-0.2, 0) is 13.6 Å². The summed E-state index contributed by atoms with van der Waals surface area (Å²) in [6.07, 6.45) is 1.76. The molecular formula is C10H20Br2FO3P. The van der Waals surface area contributed by atoms with E-state index >= 15 is 0 Å². The monoisotopic (exact) mass is 396 g/mol. The summed E-state index contributed by atoms with van der Waals surface area (Å²) in [5.74, 6) is 0. The van der Waals surface area contributed by atoms with E-state index in [9.17, 15) is 8.96 Å². The Morgan fingerprint density at radius 2 is 1.76 bits per heavy atom. The van der Waals surface area contributed by atoms with Gasteiger partial charge in [-0.3, -0.25) is 4.57 Å². The molecular weight excluding hydrogens is 378 g/mol. The maximum absolute atomic E-state index is 14.5. The van der Waals surface area contributed by atoms with Crippen molar-refractivity contribution in [2.75, 3.05) is 13.2 Å². The minimum absolute atomic E-state index is 0.0398. The molecule has 2 unspecified atom stereocenters. The molecule has 0 aromatic rings. The molecule has 0 fully saturated rings. The van der Waals surface area contributed by atoms with E-state index in [1.807, 2.05) is 6.92 Å². The topological polar surface area (TPSA) is 35.5 Å². The molecule has 104 valence electrons. The fourth-order valence-corrected chi connectivity index (χ4v) is 5.53. The van der Waals surface area contributed by atoms with E-state index in [1.165, 1.54) is 0 Å². The Kier molecular flexibility index (Phi) is 8.76. The minimum atomic E-state index is -3.78. The summed E-state index contributed by atoms with van der Waals surface area (Å²) in [4.78, 5) is -0.0638. The zero-order valence-electron chi connectivity index (χ0n) is 10.4. The fourth-order valence-electron chi connectivity index (χ4n) is 1.36. The smallest absolute Gasteiger partial charge is 0.306 e. The molecule has 2 atom stereocenters. The highest BCUT2D eigenvalue weighted by atomic mass is 79.9. The lowest BCUT2D eigenvalue weighted by molar-refractivity contribution is 0.178. The van der Waals surface area contributed by atoms with Crippen molar-refractivity contribution in [3.63, 3.8) is 0 Å². The lowest BCUT2D eigenvalue weighted by Gasteiger charge is -2.28. The van der Waals surface area contributed by atoms with Crippen molar-refractivity contribution in [3.05, 3.63) is 0 Å². The van der Waals surface area contributed by atoms with Crippen molar-refractivity contribution < 1.29 is 18.0 Å². The van der Waals surface area contributed by atoms with Gasteiger partial charge in [0.05, 0.1) is 13.2 Å². The third-order valence-corrected chi connectivity index (χ3v) is 6.66. The Balaban J connectivity index is 4.76. The molecule has 0 aliphatic rings. The van der Waals surface area contributed by atoms with Gasteiger partial charge in [-0.2, -0.15) is 0 Å². The quantitative estimate of drug-likeness (QED) is 0.395. The summed E-state index contributed by atoms with van der Waals surface area (Å²) in [6.45, 7) is 5.62. The van der Waals surface area contributed by atoms with Crippen molar-refractivity contribution in [3.8, 4) is 0 Å². The standard InChI is InChI=1S/C10H20Br2FO3P/c1-4-7-9(11)8-10(12,13)17(14,15-5-2)16-6-3/h9H,4-8H2,1-3H3. The van der Waals surface area contributed by atoms with Crippen LogP contribution in [0, 0.1) is 0 Å². The fraction of sp³-hybridized carbons (Fsp3) is 1.00. The lowest BCUT2D eigenvalue weighted by Crippen LogP contribution is -2.22. The molecule has 0 radical (unpaired) electrons. The van der Waals surface area contributed by atoms with Gasteiger partial charge in [-0.15, -0.1) is 0 Å². The summed E-state index contributed by atoms with van der Waals surface area (Å²) in [7, 11) is -3.78. The predicted molar refractivity (Wildman–Crippen MR) is 75.9 cm³/mol. The molecule has 0 N–H and O–H groups in total. The highest BCUT2D eigenvalue weighted by molar-refractivity contribution is 9.11. The van der Waals surface area contributed by atoms with Gasteiger partial charge in [0.15, 0.2) is 0 Å². The molecule has 0 heterocycles. The maximum Gasteiger partial charge on any atom is 0.378 e. The van der Waals surface area contributed by atoms with Crippen molar-refractivity contribution in [2.45, 2.75) is 49.2 Å². The Hall–Kier alpha value is 1.04. The summed E-state index contributed by atoms with van der Waals surface area (Å²) in [6, 6.07) is 0. The Morgan fingerprint density at radius 1 is 1.29 bits per heavy atom. The number of alkyl halides is 3. The van der Waals surface area contributed by atoms with E-state index in [0.717, 1.165) is 12.8 Å². The SMILES string of the molecule is CCCC(Br)CC(F)(Br)P(=O)(OCC)OCC. The zero-order chi connectivity index (χ0) is 13.5. The number of hydrogen-bond donors (Lipinski definition) is 0. The molecule has 0 spiro atoms. The van der Waals surface area contributed by atoms with Crippen LogP contribution in [0.5, 0.6) is 0 Å². The Bertz CT molecular complexity index is 254. The van der Waals surface area contributed by atoms with Crippen LogP contribution in [0.3, 0.4) is 0 Å². The molecule has 0 saturated heterocycles. The van der Waals surface area contributed by atoms with Gasteiger partial charge >= 0.3 is 7.60 Å². The Labute approximate surface area is 120 Å². The molecule has 0 rings (SSSR count). The lowest BCUT2D eigenvalue weighted by atomic mass is 10.2. The van der Waals surface area contributed by atoms with Crippen molar-refractivity contribution in [2.24, 2.45) is 0 Å². The van der Waals surface area contributed by atoms with E-state index in [2.05, 4.69) is 31.9 Å². The highest BCUT2D eigenvalue weighted by Gasteiger charge is 2.50. The third kappa shape index (κ3) is 5.68. The molecule has 0 saturated carbocycles. The van der Waals surface area contributed by atoms with E-state index in [-0.39, 0.29) is 24.5 Å². The van der Waals surface area contributed by atoms with Gasteiger partial charge < -0.3 is 9.05 Å². The van der Waals surface area contributed by atoms with Crippen molar-refractivity contribution >= 4 is 39.5 Å². The van der Waals surface area contributed by atoms with E-state index in [0.29, 0.717) is 0 Å². The van der Waals surface area contributed by atoms with Crippen molar-refractivity contribution in [1.29, 1.82) is 0 Å². The van der Waals surface area contributed by atoms with Gasteiger partial charge in [0.2, 0.25) is 0 Å². The molecule has 3 nitrogen and oxygen atoms in total. The Morgan fingerprint density at radius 3 is 2.12 bits per heavy atom. The molecule has 0 aromatic carbocycles. The van der Waals surface area contributed by atoms with Crippen LogP contribution in [0.1, 0.15) is 40.0 Å². The number of hydrogen-bond acceptors (Lipinski definition) is 3. The van der Waals surface area contributed by atoms with E-state index in [4.69, 9.17) is 9.05 Å².